The summed E-state index contributed by atoms with van der Waals surface area (Å²) in [5, 5.41) is 8.90. The summed E-state index contributed by atoms with van der Waals surface area (Å²) >= 11 is 0. The second-order valence-corrected chi connectivity index (χ2v) is 3.50. The van der Waals surface area contributed by atoms with Gasteiger partial charge in [-0.1, -0.05) is 0 Å². The van der Waals surface area contributed by atoms with E-state index in [0.29, 0.717) is 17.9 Å². The Labute approximate surface area is 87.4 Å². The van der Waals surface area contributed by atoms with Crippen LogP contribution in [0.3, 0.4) is 0 Å². The predicted octanol–water partition coefficient (Wildman–Crippen LogP) is 1.43. The predicted molar refractivity (Wildman–Crippen MR) is 53.6 cm³/mol. The van der Waals surface area contributed by atoms with Crippen molar-refractivity contribution in [3.63, 3.8) is 0 Å². The van der Waals surface area contributed by atoms with Gasteiger partial charge in [0.15, 0.2) is 11.5 Å². The molecule has 0 saturated carbocycles. The van der Waals surface area contributed by atoms with Crippen molar-refractivity contribution in [1.29, 1.82) is 0 Å². The van der Waals surface area contributed by atoms with Gasteiger partial charge in [0.25, 0.3) is 0 Å². The van der Waals surface area contributed by atoms with Crippen molar-refractivity contribution >= 4 is 5.97 Å². The maximum absolute atomic E-state index is 10.8. The van der Waals surface area contributed by atoms with Gasteiger partial charge in [0.2, 0.25) is 0 Å². The average molecular weight is 208 g/mol. The quantitative estimate of drug-likeness (QED) is 0.816. The summed E-state index contributed by atoms with van der Waals surface area (Å²) in [6.45, 7) is 0. The first-order valence-electron chi connectivity index (χ1n) is 4.65. The molecule has 1 N–H and O–H groups in total. The summed E-state index contributed by atoms with van der Waals surface area (Å²) in [6, 6.07) is 3.59. The van der Waals surface area contributed by atoms with Gasteiger partial charge in [-0.3, -0.25) is 4.79 Å². The lowest BCUT2D eigenvalue weighted by Crippen LogP contribution is -2.25. The van der Waals surface area contributed by atoms with Gasteiger partial charge in [0.1, 0.15) is 0 Å². The van der Waals surface area contributed by atoms with Gasteiger partial charge in [-0.25, -0.2) is 0 Å². The van der Waals surface area contributed by atoms with Gasteiger partial charge in [0, 0.05) is 0 Å². The minimum absolute atomic E-state index is 0.389. The van der Waals surface area contributed by atoms with E-state index in [1.165, 1.54) is 0 Å². The Morgan fingerprint density at radius 3 is 2.47 bits per heavy atom. The van der Waals surface area contributed by atoms with Crippen molar-refractivity contribution in [2.45, 2.75) is 12.3 Å². The molecule has 15 heavy (non-hydrogen) atoms. The van der Waals surface area contributed by atoms with Crippen LogP contribution in [0.4, 0.5) is 0 Å². The number of carboxylic acid groups (broad SMARTS) is 1. The summed E-state index contributed by atoms with van der Waals surface area (Å²) in [5.74, 6) is 0.0665. The molecule has 0 aliphatic heterocycles. The molecule has 4 nitrogen and oxygen atoms in total. The SMILES string of the molecule is COc1cc2c(cc1OC)[C@H](C(=O)O)C2. The number of methoxy groups -OCH3 is 2. The highest BCUT2D eigenvalue weighted by Crippen LogP contribution is 2.42. The third-order valence-corrected chi connectivity index (χ3v) is 2.74. The maximum Gasteiger partial charge on any atom is 0.311 e. The zero-order chi connectivity index (χ0) is 11.0. The van der Waals surface area contributed by atoms with E-state index in [1.54, 1.807) is 20.3 Å². The number of fused-ring (bicyclic) bond motifs is 1. The van der Waals surface area contributed by atoms with Crippen LogP contribution in [-0.4, -0.2) is 25.3 Å². The van der Waals surface area contributed by atoms with Crippen LogP contribution in [0.15, 0.2) is 12.1 Å². The molecule has 1 aliphatic carbocycles. The zero-order valence-corrected chi connectivity index (χ0v) is 8.61. The first-order chi connectivity index (χ1) is 7.17. The molecule has 0 fully saturated rings. The highest BCUT2D eigenvalue weighted by molar-refractivity contribution is 5.81. The Balaban J connectivity index is 2.41. The van der Waals surface area contributed by atoms with Crippen molar-refractivity contribution < 1.29 is 19.4 Å². The molecule has 1 atom stereocenters. The Bertz CT molecular complexity index is 411. The molecule has 0 bridgehead atoms. The zero-order valence-electron chi connectivity index (χ0n) is 8.61. The molecule has 1 aliphatic rings. The number of carbonyl (C=O) groups is 1. The van der Waals surface area contributed by atoms with Crippen molar-refractivity contribution in [2.75, 3.05) is 14.2 Å². The molecule has 0 radical (unpaired) electrons. The summed E-state index contributed by atoms with van der Waals surface area (Å²) in [5.41, 5.74) is 1.86. The molecule has 0 aromatic heterocycles. The normalized spacial score (nSPS) is 17.6. The molecule has 2 rings (SSSR count). The molecule has 0 amide bonds. The van der Waals surface area contributed by atoms with Crippen molar-refractivity contribution in [3.8, 4) is 11.5 Å². The van der Waals surface area contributed by atoms with Crippen LogP contribution in [-0.2, 0) is 11.2 Å². The molecule has 0 heterocycles. The van der Waals surface area contributed by atoms with Crippen LogP contribution in [0, 0.1) is 0 Å². The van der Waals surface area contributed by atoms with Crippen molar-refractivity contribution in [1.82, 2.24) is 0 Å². The minimum atomic E-state index is -0.783. The lowest BCUT2D eigenvalue weighted by molar-refractivity contribution is -0.139. The summed E-state index contributed by atoms with van der Waals surface area (Å²) in [6.07, 6.45) is 0.574. The van der Waals surface area contributed by atoms with Gasteiger partial charge in [0.05, 0.1) is 20.1 Å². The fourth-order valence-corrected chi connectivity index (χ4v) is 1.86. The Hall–Kier alpha value is -1.71. The number of carboxylic acids is 1. The molecule has 0 saturated heterocycles. The van der Waals surface area contributed by atoms with E-state index in [-0.39, 0.29) is 5.92 Å². The Morgan fingerprint density at radius 1 is 1.33 bits per heavy atom. The van der Waals surface area contributed by atoms with E-state index in [1.807, 2.05) is 6.07 Å². The van der Waals surface area contributed by atoms with Crippen LogP contribution in [0.25, 0.3) is 0 Å². The minimum Gasteiger partial charge on any atom is -0.493 e. The maximum atomic E-state index is 10.8. The molecule has 1 aromatic rings. The van der Waals surface area contributed by atoms with Gasteiger partial charge in [-0.2, -0.15) is 0 Å². The number of rotatable bonds is 3. The van der Waals surface area contributed by atoms with Crippen molar-refractivity contribution in [2.24, 2.45) is 0 Å². The van der Waals surface area contributed by atoms with Crippen LogP contribution in [0.5, 0.6) is 11.5 Å². The van der Waals surface area contributed by atoms with Crippen LogP contribution >= 0.6 is 0 Å². The molecule has 80 valence electrons. The molecular weight excluding hydrogens is 196 g/mol. The molecule has 4 heteroatoms. The van der Waals surface area contributed by atoms with E-state index in [0.717, 1.165) is 11.1 Å². The summed E-state index contributed by atoms with van der Waals surface area (Å²) in [7, 11) is 3.11. The third kappa shape index (κ3) is 1.42. The standard InChI is InChI=1S/C11H12O4/c1-14-9-4-6-3-8(11(12)13)7(6)5-10(9)15-2/h4-5,8H,3H2,1-2H3,(H,12,13)/t8-/m1/s1. The number of benzene rings is 1. The van der Waals surface area contributed by atoms with E-state index >= 15 is 0 Å². The summed E-state index contributed by atoms with van der Waals surface area (Å²) in [4.78, 5) is 10.8. The average Bonchev–Trinajstić information content (AvgIpc) is 2.19. The van der Waals surface area contributed by atoms with E-state index < -0.39 is 5.97 Å². The number of ether oxygens (including phenoxy) is 2. The van der Waals surface area contributed by atoms with E-state index in [2.05, 4.69) is 0 Å². The fraction of sp³-hybridized carbons (Fsp3) is 0.364. The van der Waals surface area contributed by atoms with Crippen molar-refractivity contribution in [3.05, 3.63) is 23.3 Å². The molecule has 0 unspecified atom stereocenters. The fourth-order valence-electron chi connectivity index (χ4n) is 1.86. The molecular formula is C11H12O4. The topological polar surface area (TPSA) is 55.8 Å². The number of hydrogen-bond acceptors (Lipinski definition) is 3. The van der Waals surface area contributed by atoms with Gasteiger partial charge in [-0.15, -0.1) is 0 Å². The first kappa shape index (κ1) is 9.83. The number of hydrogen-bond donors (Lipinski definition) is 1. The second-order valence-electron chi connectivity index (χ2n) is 3.50. The summed E-state index contributed by atoms with van der Waals surface area (Å²) < 4.78 is 10.2. The van der Waals surface area contributed by atoms with Gasteiger partial charge < -0.3 is 14.6 Å². The smallest absolute Gasteiger partial charge is 0.311 e. The highest BCUT2D eigenvalue weighted by Gasteiger charge is 2.33. The second kappa shape index (κ2) is 3.46. The van der Waals surface area contributed by atoms with Gasteiger partial charge >= 0.3 is 5.97 Å². The lowest BCUT2D eigenvalue weighted by atomic mass is 9.77. The Kier molecular flexibility index (Phi) is 2.26. The Morgan fingerprint density at radius 2 is 1.93 bits per heavy atom. The molecule has 0 spiro atoms. The van der Waals surface area contributed by atoms with Crippen LogP contribution in [0.2, 0.25) is 0 Å². The monoisotopic (exact) mass is 208 g/mol. The molecule has 1 aromatic carbocycles. The highest BCUT2D eigenvalue weighted by atomic mass is 16.5. The van der Waals surface area contributed by atoms with E-state index in [9.17, 15) is 4.79 Å². The van der Waals surface area contributed by atoms with Gasteiger partial charge in [-0.05, 0) is 29.7 Å². The lowest BCUT2D eigenvalue weighted by Gasteiger charge is -2.27. The van der Waals surface area contributed by atoms with Crippen LogP contribution in [0.1, 0.15) is 17.0 Å². The largest absolute Gasteiger partial charge is 0.493 e. The number of aliphatic carboxylic acids is 1. The van der Waals surface area contributed by atoms with Crippen LogP contribution < -0.4 is 9.47 Å². The first-order valence-corrected chi connectivity index (χ1v) is 4.65. The third-order valence-electron chi connectivity index (χ3n) is 2.74. The van der Waals surface area contributed by atoms with E-state index in [4.69, 9.17) is 14.6 Å².